The Labute approximate surface area is 320 Å². The van der Waals surface area contributed by atoms with Gasteiger partial charge in [-0.3, -0.25) is 14.6 Å². The minimum absolute atomic E-state index is 0.136. The molecule has 12 heteroatoms. The summed E-state index contributed by atoms with van der Waals surface area (Å²) in [7, 11) is -2.02. The molecule has 3 fully saturated rings. The summed E-state index contributed by atoms with van der Waals surface area (Å²) in [6.45, 7) is 12.2. The molecule has 4 aliphatic heterocycles. The van der Waals surface area contributed by atoms with Crippen LogP contribution in [0.3, 0.4) is 0 Å². The average Bonchev–Trinajstić information content (AvgIpc) is 3.28. The van der Waals surface area contributed by atoms with Crippen molar-refractivity contribution in [1.82, 2.24) is 14.5 Å². The number of carbonyl (C=O) groups excluding carboxylic acids is 1. The number of amides is 1. The smallest absolute Gasteiger partial charge is 0.264 e. The van der Waals surface area contributed by atoms with E-state index in [2.05, 4.69) is 31.6 Å². The van der Waals surface area contributed by atoms with Crippen LogP contribution in [-0.4, -0.2) is 114 Å². The molecule has 2 bridgehead atoms. The molecule has 53 heavy (non-hydrogen) atoms. The van der Waals surface area contributed by atoms with Crippen LogP contribution in [0.2, 0.25) is 5.02 Å². The van der Waals surface area contributed by atoms with Gasteiger partial charge in [-0.1, -0.05) is 31.0 Å². The Morgan fingerprint density at radius 2 is 1.89 bits per heavy atom. The average molecular weight is 769 g/mol. The van der Waals surface area contributed by atoms with Gasteiger partial charge in [0, 0.05) is 75.0 Å². The van der Waals surface area contributed by atoms with Gasteiger partial charge >= 0.3 is 0 Å². The molecule has 2 aliphatic carbocycles. The van der Waals surface area contributed by atoms with Gasteiger partial charge in [0.15, 0.2) is 0 Å². The summed E-state index contributed by atoms with van der Waals surface area (Å²) in [5.41, 5.74) is 3.12. The largest absolute Gasteiger partial charge is 0.490 e. The van der Waals surface area contributed by atoms with Crippen LogP contribution in [-0.2, 0) is 31.3 Å². The Hall–Kier alpha value is -2.41. The second-order valence-electron chi connectivity index (χ2n) is 17.1. The number of halogens is 1. The van der Waals surface area contributed by atoms with Gasteiger partial charge in [0.2, 0.25) is 10.0 Å². The lowest BCUT2D eigenvalue weighted by molar-refractivity contribution is -0.140. The van der Waals surface area contributed by atoms with Gasteiger partial charge in [-0.25, -0.2) is 13.1 Å². The number of aryl methyl sites for hydroxylation is 1. The molecule has 2 saturated heterocycles. The highest BCUT2D eigenvalue weighted by Crippen LogP contribution is 2.50. The molecule has 1 amide bonds. The first-order chi connectivity index (χ1) is 25.5. The Kier molecular flexibility index (Phi) is 10.6. The second-order valence-corrected chi connectivity index (χ2v) is 19.5. The molecular weight excluding hydrogens is 712 g/mol. The van der Waals surface area contributed by atoms with Gasteiger partial charge in [-0.15, -0.1) is 0 Å². The number of methoxy groups -OCH3 is 1. The number of hydrogen-bond acceptors (Lipinski definition) is 9. The van der Waals surface area contributed by atoms with Crippen molar-refractivity contribution < 1.29 is 27.4 Å². The first kappa shape index (κ1) is 37.5. The van der Waals surface area contributed by atoms with Crippen molar-refractivity contribution in [3.05, 3.63) is 58.1 Å². The molecule has 7 atom stereocenters. The number of anilines is 1. The number of nitrogens with one attached hydrogen (secondary N) is 1. The molecule has 2 aromatic carbocycles. The number of benzene rings is 2. The minimum atomic E-state index is -3.92. The van der Waals surface area contributed by atoms with Crippen molar-refractivity contribution in [3.63, 3.8) is 0 Å². The van der Waals surface area contributed by atoms with Crippen LogP contribution in [0.5, 0.6) is 5.75 Å². The zero-order chi connectivity index (χ0) is 37.0. The van der Waals surface area contributed by atoms with Crippen molar-refractivity contribution in [3.8, 4) is 5.75 Å². The molecule has 290 valence electrons. The van der Waals surface area contributed by atoms with Gasteiger partial charge < -0.3 is 19.1 Å². The van der Waals surface area contributed by atoms with E-state index >= 15 is 0 Å². The van der Waals surface area contributed by atoms with Crippen LogP contribution in [0.1, 0.15) is 80.3 Å². The summed E-state index contributed by atoms with van der Waals surface area (Å²) >= 11 is 6.51. The molecule has 10 nitrogen and oxygen atoms in total. The standard InChI is InChI=1S/C41H57ClN4O6S/c1-28-6-4-15-41(50-3,26-44-16-17-45-18-19-51-24-34(45)23-44)36-11-8-32(36)22-46-25-40(14-5-7-30-20-33(42)10-12-35(30)40)27-52-38-13-9-31(21-37(38)46)39(47)43-53(48,49)29(28)2/h9-10,12-13,20-21,28-29,32,34,36H,4-8,11,14-19,22-27H2,1-3H3,(H,43,47)/t28-,29+,32-,34+,36+,40-,41-/m0/s1. The Balaban J connectivity index is 1.17. The van der Waals surface area contributed by atoms with Gasteiger partial charge in [0.05, 0.1) is 36.4 Å². The molecule has 0 radical (unpaired) electrons. The third-order valence-electron chi connectivity index (χ3n) is 14.1. The first-order valence-electron chi connectivity index (χ1n) is 20.0. The number of nitrogens with zero attached hydrogens (tertiary/aromatic N) is 3. The van der Waals surface area contributed by atoms with Gasteiger partial charge in [0.25, 0.3) is 5.91 Å². The zero-order valence-electron chi connectivity index (χ0n) is 31.7. The molecule has 1 spiro atoms. The van der Waals surface area contributed by atoms with E-state index < -0.39 is 21.2 Å². The molecule has 0 unspecified atom stereocenters. The van der Waals surface area contributed by atoms with E-state index in [0.29, 0.717) is 30.0 Å². The van der Waals surface area contributed by atoms with Crippen LogP contribution in [0.4, 0.5) is 5.69 Å². The Bertz CT molecular complexity index is 1800. The zero-order valence-corrected chi connectivity index (χ0v) is 33.2. The van der Waals surface area contributed by atoms with Crippen molar-refractivity contribution >= 4 is 33.2 Å². The summed E-state index contributed by atoms with van der Waals surface area (Å²) in [5, 5.41) is 0.0242. The van der Waals surface area contributed by atoms with E-state index in [4.69, 9.17) is 25.8 Å². The lowest BCUT2D eigenvalue weighted by Crippen LogP contribution is -2.63. The molecule has 2 aromatic rings. The van der Waals surface area contributed by atoms with Crippen molar-refractivity contribution in [2.75, 3.05) is 77.6 Å². The van der Waals surface area contributed by atoms with Crippen molar-refractivity contribution in [2.24, 2.45) is 17.8 Å². The Morgan fingerprint density at radius 3 is 2.70 bits per heavy atom. The lowest BCUT2D eigenvalue weighted by Gasteiger charge is -2.54. The van der Waals surface area contributed by atoms with Gasteiger partial charge in [-0.2, -0.15) is 0 Å². The summed E-state index contributed by atoms with van der Waals surface area (Å²) in [5.74, 6) is 0.715. The lowest BCUT2D eigenvalue weighted by atomic mass is 9.62. The molecule has 1 saturated carbocycles. The van der Waals surface area contributed by atoms with Gasteiger partial charge in [0.1, 0.15) is 5.75 Å². The fourth-order valence-electron chi connectivity index (χ4n) is 10.6. The molecule has 8 rings (SSSR count). The van der Waals surface area contributed by atoms with Crippen molar-refractivity contribution in [2.45, 2.75) is 87.5 Å². The maximum Gasteiger partial charge on any atom is 0.264 e. The highest BCUT2D eigenvalue weighted by molar-refractivity contribution is 7.90. The number of ether oxygens (including phenoxy) is 3. The van der Waals surface area contributed by atoms with Crippen LogP contribution in [0.25, 0.3) is 0 Å². The van der Waals surface area contributed by atoms with E-state index in [1.54, 1.807) is 13.0 Å². The summed E-state index contributed by atoms with van der Waals surface area (Å²) in [6.07, 6.45) is 7.66. The van der Waals surface area contributed by atoms with Gasteiger partial charge in [-0.05, 0) is 111 Å². The number of sulfonamides is 1. The van der Waals surface area contributed by atoms with E-state index in [1.165, 1.54) is 11.1 Å². The summed E-state index contributed by atoms with van der Waals surface area (Å²) < 4.78 is 49.2. The first-order valence-corrected chi connectivity index (χ1v) is 21.9. The maximum absolute atomic E-state index is 13.7. The predicted molar refractivity (Wildman–Crippen MR) is 208 cm³/mol. The Morgan fingerprint density at radius 1 is 1.02 bits per heavy atom. The number of morpholine rings is 1. The normalized spacial score (nSPS) is 35.1. The van der Waals surface area contributed by atoms with E-state index in [9.17, 15) is 13.2 Å². The number of fused-ring (bicyclic) bond motifs is 5. The second kappa shape index (κ2) is 14.9. The predicted octanol–water partition coefficient (Wildman–Crippen LogP) is 5.51. The van der Waals surface area contributed by atoms with E-state index in [1.807, 2.05) is 32.2 Å². The topological polar surface area (TPSA) is 101 Å². The summed E-state index contributed by atoms with van der Waals surface area (Å²) in [6, 6.07) is 12.1. The number of carbonyl (C=O) groups is 1. The maximum atomic E-state index is 13.7. The number of piperazine rings is 1. The van der Waals surface area contributed by atoms with E-state index in [0.717, 1.165) is 127 Å². The van der Waals surface area contributed by atoms with Crippen LogP contribution in [0, 0.1) is 17.8 Å². The molecule has 1 N–H and O–H groups in total. The quantitative estimate of drug-likeness (QED) is 0.434. The fraction of sp³-hybridized carbons (Fsp3) is 0.683. The molecule has 4 heterocycles. The number of hydrogen-bond donors (Lipinski definition) is 1. The summed E-state index contributed by atoms with van der Waals surface area (Å²) in [4.78, 5) is 21.3. The third kappa shape index (κ3) is 7.24. The number of rotatable bonds is 3. The van der Waals surface area contributed by atoms with Crippen LogP contribution < -0.4 is 14.4 Å². The fourth-order valence-corrected chi connectivity index (χ4v) is 12.1. The highest BCUT2D eigenvalue weighted by atomic mass is 35.5. The SMILES string of the molecule is CO[C@]1(CN2CCN3CCOC[C@H]3C2)CCC[C@H](C)[C@@H](C)S(=O)(=O)NC(=O)c2ccc3c(c2)N(C[C@@H]2CC[C@H]21)C[C@@]1(CCCc2cc(Cl)ccc21)CO3. The minimum Gasteiger partial charge on any atom is -0.490 e. The van der Waals surface area contributed by atoms with Crippen molar-refractivity contribution in [1.29, 1.82) is 0 Å². The molecule has 0 aromatic heterocycles. The van der Waals surface area contributed by atoms with Crippen LogP contribution >= 0.6 is 11.6 Å². The highest BCUT2D eigenvalue weighted by Gasteiger charge is 2.51. The van der Waals surface area contributed by atoms with E-state index in [-0.39, 0.29) is 16.9 Å². The monoisotopic (exact) mass is 768 g/mol. The van der Waals surface area contributed by atoms with Crippen LogP contribution in [0.15, 0.2) is 36.4 Å². The molecule has 6 aliphatic rings. The third-order valence-corrected chi connectivity index (χ3v) is 16.2. The molecular formula is C41H57ClN4O6S.